The minimum Gasteiger partial charge on any atom is -0.461 e. The van der Waals surface area contributed by atoms with E-state index in [0.29, 0.717) is 5.52 Å². The van der Waals surface area contributed by atoms with Crippen LogP contribution in [0.5, 0.6) is 5.75 Å². The molecule has 1 N–H and O–H groups in total. The van der Waals surface area contributed by atoms with Crippen molar-refractivity contribution in [2.45, 2.75) is 20.2 Å². The third kappa shape index (κ3) is 3.21. The van der Waals surface area contributed by atoms with Gasteiger partial charge in [-0.05, 0) is 32.0 Å². The number of nitrogens with one attached hydrogen (secondary N) is 1. The largest absolute Gasteiger partial charge is 0.573 e. The van der Waals surface area contributed by atoms with Crippen molar-refractivity contribution in [2.24, 2.45) is 0 Å². The predicted octanol–water partition coefficient (Wildman–Crippen LogP) is 3.45. The number of ketones is 1. The van der Waals surface area contributed by atoms with Crippen molar-refractivity contribution in [1.82, 2.24) is 4.98 Å². The van der Waals surface area contributed by atoms with Crippen molar-refractivity contribution >= 4 is 22.7 Å². The molecule has 22 heavy (non-hydrogen) atoms. The summed E-state index contributed by atoms with van der Waals surface area (Å²) in [7, 11) is 0. The zero-order valence-corrected chi connectivity index (χ0v) is 11.7. The van der Waals surface area contributed by atoms with E-state index in [1.165, 1.54) is 13.0 Å². The lowest BCUT2D eigenvalue weighted by Crippen LogP contribution is -2.17. The average Bonchev–Trinajstić information content (AvgIpc) is 2.75. The van der Waals surface area contributed by atoms with Gasteiger partial charge < -0.3 is 14.5 Å². The first-order valence-corrected chi connectivity index (χ1v) is 6.32. The Morgan fingerprint density at radius 1 is 1.27 bits per heavy atom. The Bertz CT molecular complexity index is 733. The summed E-state index contributed by atoms with van der Waals surface area (Å²) in [5, 5.41) is 0.164. The second-order valence-electron chi connectivity index (χ2n) is 4.41. The van der Waals surface area contributed by atoms with E-state index in [0.717, 1.165) is 12.1 Å². The highest BCUT2D eigenvalue weighted by Crippen LogP contribution is 2.30. The van der Waals surface area contributed by atoms with Crippen molar-refractivity contribution in [2.75, 3.05) is 6.61 Å². The smallest absolute Gasteiger partial charge is 0.461 e. The van der Waals surface area contributed by atoms with Gasteiger partial charge in [-0.1, -0.05) is 0 Å². The van der Waals surface area contributed by atoms with Crippen LogP contribution in [0.3, 0.4) is 0 Å². The van der Waals surface area contributed by atoms with E-state index in [2.05, 4.69) is 9.72 Å². The number of aromatic nitrogens is 1. The SMILES string of the molecule is CCOC(=O)c1[nH]c2ccc(OC(F)(F)F)cc2c1C(C)=O. The third-order valence-corrected chi connectivity index (χ3v) is 2.84. The molecule has 8 heteroatoms. The number of hydrogen-bond acceptors (Lipinski definition) is 4. The number of esters is 1. The first-order valence-electron chi connectivity index (χ1n) is 6.32. The van der Waals surface area contributed by atoms with Gasteiger partial charge in [0.2, 0.25) is 0 Å². The van der Waals surface area contributed by atoms with Gasteiger partial charge in [-0.25, -0.2) is 4.79 Å². The Morgan fingerprint density at radius 3 is 2.50 bits per heavy atom. The minimum absolute atomic E-state index is 0.0268. The molecule has 0 fully saturated rings. The number of aromatic amines is 1. The zero-order chi connectivity index (χ0) is 16.5. The molecule has 0 radical (unpaired) electrons. The van der Waals surface area contributed by atoms with Crippen LogP contribution in [0.2, 0.25) is 0 Å². The number of alkyl halides is 3. The van der Waals surface area contributed by atoms with Gasteiger partial charge in [0, 0.05) is 10.9 Å². The van der Waals surface area contributed by atoms with Crippen LogP contribution >= 0.6 is 0 Å². The molecule has 0 saturated carbocycles. The number of Topliss-reactive ketones (excluding diaryl/α,β-unsaturated/α-hetero) is 1. The molecule has 5 nitrogen and oxygen atoms in total. The molecule has 1 aromatic heterocycles. The number of benzene rings is 1. The number of carbonyl (C=O) groups is 2. The molecular formula is C14H12F3NO4. The highest BCUT2D eigenvalue weighted by molar-refractivity contribution is 6.14. The molecule has 0 unspecified atom stereocenters. The Morgan fingerprint density at radius 2 is 1.95 bits per heavy atom. The highest BCUT2D eigenvalue weighted by atomic mass is 19.4. The molecule has 1 aromatic carbocycles. The molecule has 0 saturated heterocycles. The molecule has 2 rings (SSSR count). The molecule has 1 heterocycles. The van der Waals surface area contributed by atoms with Gasteiger partial charge in [0.25, 0.3) is 0 Å². The second kappa shape index (κ2) is 5.70. The standard InChI is InChI=1S/C14H12F3NO4/c1-3-21-13(20)12-11(7(2)19)9-6-8(22-14(15,16)17)4-5-10(9)18-12/h4-6,18H,3H2,1-2H3. The lowest BCUT2D eigenvalue weighted by atomic mass is 10.1. The van der Waals surface area contributed by atoms with Crippen LogP contribution in [-0.4, -0.2) is 29.7 Å². The Kier molecular flexibility index (Phi) is 4.11. The first kappa shape index (κ1) is 15.9. The number of halogens is 3. The zero-order valence-electron chi connectivity index (χ0n) is 11.7. The molecule has 0 aliphatic rings. The Labute approximate surface area is 123 Å². The quantitative estimate of drug-likeness (QED) is 0.693. The van der Waals surface area contributed by atoms with Crippen molar-refractivity contribution in [3.63, 3.8) is 0 Å². The first-order chi connectivity index (χ1) is 10.2. The van der Waals surface area contributed by atoms with Crippen LogP contribution in [0.1, 0.15) is 34.7 Å². The summed E-state index contributed by atoms with van der Waals surface area (Å²) in [6.45, 7) is 2.92. The molecule has 2 aromatic rings. The predicted molar refractivity (Wildman–Crippen MR) is 70.9 cm³/mol. The van der Waals surface area contributed by atoms with E-state index in [4.69, 9.17) is 4.74 Å². The lowest BCUT2D eigenvalue weighted by molar-refractivity contribution is -0.274. The maximum absolute atomic E-state index is 12.3. The Balaban J connectivity index is 2.58. The van der Waals surface area contributed by atoms with E-state index in [-0.39, 0.29) is 23.3 Å². The van der Waals surface area contributed by atoms with Gasteiger partial charge in [0.05, 0.1) is 12.2 Å². The van der Waals surface area contributed by atoms with Gasteiger partial charge in [-0.2, -0.15) is 0 Å². The average molecular weight is 315 g/mol. The summed E-state index contributed by atoms with van der Waals surface area (Å²) in [4.78, 5) is 26.3. The summed E-state index contributed by atoms with van der Waals surface area (Å²) >= 11 is 0. The monoisotopic (exact) mass is 315 g/mol. The van der Waals surface area contributed by atoms with Crippen molar-refractivity contribution in [3.05, 3.63) is 29.5 Å². The van der Waals surface area contributed by atoms with Crippen LogP contribution < -0.4 is 4.74 Å². The highest BCUT2D eigenvalue weighted by Gasteiger charge is 2.31. The molecule has 0 amide bonds. The van der Waals surface area contributed by atoms with Gasteiger partial charge in [-0.3, -0.25) is 4.79 Å². The van der Waals surface area contributed by atoms with E-state index in [1.54, 1.807) is 6.92 Å². The summed E-state index contributed by atoms with van der Waals surface area (Å²) < 4.78 is 45.4. The van der Waals surface area contributed by atoms with E-state index >= 15 is 0 Å². The molecule has 0 atom stereocenters. The fourth-order valence-corrected chi connectivity index (χ4v) is 2.09. The van der Waals surface area contributed by atoms with Crippen LogP contribution in [0.25, 0.3) is 10.9 Å². The van der Waals surface area contributed by atoms with Gasteiger partial charge in [0.15, 0.2) is 5.78 Å². The van der Waals surface area contributed by atoms with Gasteiger partial charge in [-0.15, -0.1) is 13.2 Å². The van der Waals surface area contributed by atoms with Gasteiger partial charge >= 0.3 is 12.3 Å². The van der Waals surface area contributed by atoms with Crippen LogP contribution in [0, 0.1) is 0 Å². The minimum atomic E-state index is -4.84. The lowest BCUT2D eigenvalue weighted by Gasteiger charge is -2.08. The summed E-state index contributed by atoms with van der Waals surface area (Å²) in [5.74, 6) is -1.70. The molecule has 0 aliphatic heterocycles. The molecule has 118 valence electrons. The number of rotatable bonds is 4. The maximum atomic E-state index is 12.3. The van der Waals surface area contributed by atoms with Crippen LogP contribution in [0.15, 0.2) is 18.2 Å². The van der Waals surface area contributed by atoms with Crippen molar-refractivity contribution in [3.8, 4) is 5.75 Å². The van der Waals surface area contributed by atoms with Gasteiger partial charge in [0.1, 0.15) is 11.4 Å². The fraction of sp³-hybridized carbons (Fsp3) is 0.286. The number of H-pyrrole nitrogens is 1. The normalized spacial score (nSPS) is 11.5. The molecule has 0 spiro atoms. The van der Waals surface area contributed by atoms with E-state index < -0.39 is 23.9 Å². The maximum Gasteiger partial charge on any atom is 0.573 e. The molecule has 0 bridgehead atoms. The Hall–Kier alpha value is -2.51. The summed E-state index contributed by atoms with van der Waals surface area (Å²) in [6, 6.07) is 3.44. The second-order valence-corrected chi connectivity index (χ2v) is 4.41. The summed E-state index contributed by atoms with van der Waals surface area (Å²) in [6.07, 6.45) is -4.84. The topological polar surface area (TPSA) is 68.4 Å². The van der Waals surface area contributed by atoms with Crippen molar-refractivity contribution in [1.29, 1.82) is 0 Å². The number of hydrogen-bond donors (Lipinski definition) is 1. The number of ether oxygens (including phenoxy) is 2. The molecule has 0 aliphatic carbocycles. The van der Waals surface area contributed by atoms with E-state index in [9.17, 15) is 22.8 Å². The number of fused-ring (bicyclic) bond motifs is 1. The third-order valence-electron chi connectivity index (χ3n) is 2.84. The summed E-state index contributed by atoms with van der Waals surface area (Å²) in [5.41, 5.74) is 0.220. The molecular weight excluding hydrogens is 303 g/mol. The van der Waals surface area contributed by atoms with Crippen LogP contribution in [-0.2, 0) is 4.74 Å². The number of carbonyl (C=O) groups excluding carboxylic acids is 2. The van der Waals surface area contributed by atoms with E-state index in [1.807, 2.05) is 0 Å². The van der Waals surface area contributed by atoms with Crippen molar-refractivity contribution < 1.29 is 32.2 Å². The fourth-order valence-electron chi connectivity index (χ4n) is 2.09. The van der Waals surface area contributed by atoms with Crippen LogP contribution in [0.4, 0.5) is 13.2 Å².